The first-order valence-corrected chi connectivity index (χ1v) is 15.5. The van der Waals surface area contributed by atoms with Gasteiger partial charge < -0.3 is 15.7 Å². The van der Waals surface area contributed by atoms with Gasteiger partial charge in [-0.1, -0.05) is 43.0 Å². The number of hydrogen-bond donors (Lipinski definition) is 2. The molecule has 0 saturated carbocycles. The number of rotatable bonds is 7. The average molecular weight is 596 g/mol. The number of aromatic hydroxyl groups is 1. The van der Waals surface area contributed by atoms with Gasteiger partial charge in [0, 0.05) is 56.4 Å². The molecule has 0 amide bonds. The molecule has 4 heterocycles. The lowest BCUT2D eigenvalue weighted by atomic mass is 10.0. The number of anilines is 2. The highest BCUT2D eigenvalue weighted by Gasteiger charge is 2.21. The van der Waals surface area contributed by atoms with Crippen LogP contribution in [-0.4, -0.2) is 55.7 Å². The van der Waals surface area contributed by atoms with E-state index in [2.05, 4.69) is 68.4 Å². The number of nitrogens with two attached hydrogens (primary N) is 1. The number of allylic oxidation sites excluding steroid dienone is 4. The number of aromatic nitrogens is 4. The Hall–Kier alpha value is -5.21. The van der Waals surface area contributed by atoms with Crippen molar-refractivity contribution in [1.82, 2.24) is 24.4 Å². The van der Waals surface area contributed by atoms with E-state index in [0.717, 1.165) is 102 Å². The minimum Gasteiger partial charge on any atom is -0.508 e. The fourth-order valence-electron chi connectivity index (χ4n) is 6.25. The third-order valence-electron chi connectivity index (χ3n) is 8.75. The molecule has 226 valence electrons. The second-order valence-electron chi connectivity index (χ2n) is 11.7. The average Bonchev–Trinajstić information content (AvgIpc) is 3.46. The number of pyridine rings is 2. The third kappa shape index (κ3) is 5.60. The van der Waals surface area contributed by atoms with Gasteiger partial charge in [-0.3, -0.25) is 9.47 Å². The maximum absolute atomic E-state index is 10.3. The van der Waals surface area contributed by atoms with Crippen molar-refractivity contribution in [2.45, 2.75) is 26.3 Å². The molecule has 7 rings (SSSR count). The fourth-order valence-corrected chi connectivity index (χ4v) is 6.25. The van der Waals surface area contributed by atoms with Crippen LogP contribution in [0.3, 0.4) is 0 Å². The summed E-state index contributed by atoms with van der Waals surface area (Å²) in [6, 6.07) is 20.5. The fraction of sp³-hybridized carbons (Fsp3) is 0.216. The lowest BCUT2D eigenvalue weighted by Gasteiger charge is -2.37. The molecule has 0 radical (unpaired) electrons. The van der Waals surface area contributed by atoms with E-state index in [1.165, 1.54) is 5.56 Å². The molecule has 5 aromatic rings. The van der Waals surface area contributed by atoms with E-state index < -0.39 is 0 Å². The molecule has 1 aliphatic carbocycles. The number of imidazole rings is 1. The van der Waals surface area contributed by atoms with Crippen molar-refractivity contribution in [2.75, 3.05) is 36.8 Å². The summed E-state index contributed by atoms with van der Waals surface area (Å²) in [6.45, 7) is 10.4. The normalized spacial score (nSPS) is 15.4. The van der Waals surface area contributed by atoms with Gasteiger partial charge >= 0.3 is 0 Å². The highest BCUT2D eigenvalue weighted by Crippen LogP contribution is 2.33. The molecule has 3 N–H and O–H groups in total. The molecule has 2 aliphatic rings. The number of fused-ring (bicyclic) bond motifs is 1. The van der Waals surface area contributed by atoms with Gasteiger partial charge in [0.2, 0.25) is 0 Å². The van der Waals surface area contributed by atoms with Crippen LogP contribution >= 0.6 is 0 Å². The standard InChI is InChI=1S/C37H37N7O/c1-3-27-22-25(2)34(45)23-33(27)43-20-18-42(19-21-43)24-26-11-13-29(14-12-26)44-36(30-10-7-17-39-35(30)38)41-32-16-15-31(40-37(32)44)28-8-5-4-6-9-28/h3,5,7-17,22-23,45H,1,4,6,18-21,24H2,2H3,(H2,38,39). The van der Waals surface area contributed by atoms with Crippen molar-refractivity contribution in [3.63, 3.8) is 0 Å². The lowest BCUT2D eigenvalue weighted by Crippen LogP contribution is -2.46. The van der Waals surface area contributed by atoms with E-state index in [1.54, 1.807) is 6.20 Å². The van der Waals surface area contributed by atoms with Gasteiger partial charge in [-0.05, 0) is 84.5 Å². The first kappa shape index (κ1) is 28.6. The SMILES string of the molecule is C=Cc1cc(C)c(O)cc1N1CCN(Cc2ccc(-n3c(-c4cccnc4N)nc4ccc(C5=CCCC=C5)nc43)cc2)CC1. The Balaban J connectivity index is 1.15. The topological polar surface area (TPSA) is 96.3 Å². The second kappa shape index (κ2) is 12.1. The van der Waals surface area contributed by atoms with Crippen molar-refractivity contribution >= 4 is 34.3 Å². The molecule has 1 fully saturated rings. The second-order valence-corrected chi connectivity index (χ2v) is 11.7. The zero-order valence-electron chi connectivity index (χ0n) is 25.5. The number of nitrogens with zero attached hydrogens (tertiary/aromatic N) is 6. The minimum atomic E-state index is 0.326. The van der Waals surface area contributed by atoms with Crippen LogP contribution in [0.1, 0.15) is 35.2 Å². The van der Waals surface area contributed by atoms with Crippen LogP contribution in [0, 0.1) is 6.92 Å². The van der Waals surface area contributed by atoms with Crippen molar-refractivity contribution in [3.05, 3.63) is 114 Å². The van der Waals surface area contributed by atoms with Crippen LogP contribution in [0.15, 0.2) is 91.7 Å². The first-order valence-electron chi connectivity index (χ1n) is 15.5. The predicted octanol–water partition coefficient (Wildman–Crippen LogP) is 6.78. The van der Waals surface area contributed by atoms with Crippen LogP contribution in [0.4, 0.5) is 11.5 Å². The van der Waals surface area contributed by atoms with Crippen LogP contribution in [0.2, 0.25) is 0 Å². The van der Waals surface area contributed by atoms with Crippen LogP contribution < -0.4 is 10.6 Å². The van der Waals surface area contributed by atoms with E-state index in [9.17, 15) is 5.11 Å². The van der Waals surface area contributed by atoms with Gasteiger partial charge in [0.25, 0.3) is 0 Å². The number of piperazine rings is 1. The summed E-state index contributed by atoms with van der Waals surface area (Å²) in [6.07, 6.45) is 12.2. The molecule has 0 spiro atoms. The van der Waals surface area contributed by atoms with Crippen molar-refractivity contribution < 1.29 is 5.11 Å². The number of phenolic OH excluding ortho intramolecular Hbond substituents is 1. The van der Waals surface area contributed by atoms with Gasteiger partial charge in [-0.15, -0.1) is 0 Å². The quantitative estimate of drug-likeness (QED) is 0.214. The number of aryl methyl sites for hydroxylation is 1. The molecule has 45 heavy (non-hydrogen) atoms. The zero-order valence-corrected chi connectivity index (χ0v) is 25.5. The highest BCUT2D eigenvalue weighted by atomic mass is 16.3. The van der Waals surface area contributed by atoms with Crippen LogP contribution in [0.5, 0.6) is 5.75 Å². The smallest absolute Gasteiger partial charge is 0.165 e. The molecular formula is C37H37N7O. The Labute approximate surface area is 263 Å². The summed E-state index contributed by atoms with van der Waals surface area (Å²) in [5.74, 6) is 1.48. The van der Waals surface area contributed by atoms with Crippen molar-refractivity contribution in [3.8, 4) is 22.8 Å². The molecule has 8 heteroatoms. The maximum atomic E-state index is 10.3. The van der Waals surface area contributed by atoms with Gasteiger partial charge in [-0.25, -0.2) is 15.0 Å². The number of nitrogen functional groups attached to an aromatic ring is 1. The van der Waals surface area contributed by atoms with Crippen molar-refractivity contribution in [1.29, 1.82) is 0 Å². The molecule has 0 unspecified atom stereocenters. The highest BCUT2D eigenvalue weighted by molar-refractivity contribution is 5.85. The molecule has 8 nitrogen and oxygen atoms in total. The Morgan fingerprint density at radius 3 is 2.53 bits per heavy atom. The van der Waals surface area contributed by atoms with E-state index in [0.29, 0.717) is 11.6 Å². The van der Waals surface area contributed by atoms with Crippen LogP contribution in [-0.2, 0) is 6.54 Å². The summed E-state index contributed by atoms with van der Waals surface area (Å²) in [7, 11) is 0. The molecule has 1 aliphatic heterocycles. The van der Waals surface area contributed by atoms with E-state index in [-0.39, 0.29) is 0 Å². The summed E-state index contributed by atoms with van der Waals surface area (Å²) >= 11 is 0. The van der Waals surface area contributed by atoms with Crippen molar-refractivity contribution in [2.24, 2.45) is 0 Å². The van der Waals surface area contributed by atoms with Gasteiger partial charge in [0.05, 0.1) is 11.3 Å². The van der Waals surface area contributed by atoms with Crippen LogP contribution in [0.25, 0.3) is 39.9 Å². The summed E-state index contributed by atoms with van der Waals surface area (Å²) in [5, 5.41) is 10.3. The third-order valence-corrected chi connectivity index (χ3v) is 8.75. The number of phenols is 1. The molecule has 0 bridgehead atoms. The summed E-state index contributed by atoms with van der Waals surface area (Å²) in [5.41, 5.74) is 16.0. The van der Waals surface area contributed by atoms with Gasteiger partial charge in [-0.2, -0.15) is 0 Å². The summed E-state index contributed by atoms with van der Waals surface area (Å²) in [4.78, 5) is 19.2. The number of benzene rings is 2. The minimum absolute atomic E-state index is 0.326. The maximum Gasteiger partial charge on any atom is 0.165 e. The predicted molar refractivity (Wildman–Crippen MR) is 183 cm³/mol. The first-order chi connectivity index (χ1) is 22.0. The largest absolute Gasteiger partial charge is 0.508 e. The molecule has 0 atom stereocenters. The molecular weight excluding hydrogens is 558 g/mol. The Morgan fingerprint density at radius 2 is 1.80 bits per heavy atom. The molecule has 1 saturated heterocycles. The molecule has 3 aromatic heterocycles. The monoisotopic (exact) mass is 595 g/mol. The zero-order chi connectivity index (χ0) is 30.9. The van der Waals surface area contributed by atoms with Gasteiger partial charge in [0.1, 0.15) is 17.1 Å². The Morgan fingerprint density at radius 1 is 0.978 bits per heavy atom. The Bertz CT molecular complexity index is 1950. The lowest BCUT2D eigenvalue weighted by molar-refractivity contribution is 0.250. The van der Waals surface area contributed by atoms with E-state index in [4.69, 9.17) is 15.7 Å². The number of hydrogen-bond acceptors (Lipinski definition) is 7. The Kier molecular flexibility index (Phi) is 7.65. The molecule has 2 aromatic carbocycles. The van der Waals surface area contributed by atoms with E-state index >= 15 is 0 Å². The van der Waals surface area contributed by atoms with Gasteiger partial charge in [0.15, 0.2) is 11.5 Å². The summed E-state index contributed by atoms with van der Waals surface area (Å²) < 4.78 is 2.09. The van der Waals surface area contributed by atoms with E-state index in [1.807, 2.05) is 49.4 Å².